The van der Waals surface area contributed by atoms with E-state index in [0.717, 1.165) is 18.4 Å². The fraction of sp³-hybridized carbons (Fsp3) is 0.556. The van der Waals surface area contributed by atoms with Crippen LogP contribution in [0.3, 0.4) is 0 Å². The first-order valence-corrected chi connectivity index (χ1v) is 8.52. The lowest BCUT2D eigenvalue weighted by atomic mass is 9.78. The third kappa shape index (κ3) is 2.85. The SMILES string of the molecule is CC[C@@H]1CC2(C[C@H](CC)N1)C(=O)NC(=O)N2Cc1ccccc1. The van der Waals surface area contributed by atoms with Crippen LogP contribution in [0.1, 0.15) is 45.1 Å². The number of urea groups is 1. The van der Waals surface area contributed by atoms with Gasteiger partial charge in [-0.2, -0.15) is 0 Å². The van der Waals surface area contributed by atoms with Gasteiger partial charge in [-0.05, 0) is 31.2 Å². The van der Waals surface area contributed by atoms with Crippen molar-refractivity contribution in [1.29, 1.82) is 0 Å². The van der Waals surface area contributed by atoms with Gasteiger partial charge in [-0.3, -0.25) is 10.1 Å². The Morgan fingerprint density at radius 1 is 1.09 bits per heavy atom. The van der Waals surface area contributed by atoms with Crippen LogP contribution in [0.2, 0.25) is 0 Å². The summed E-state index contributed by atoms with van der Waals surface area (Å²) in [5, 5.41) is 6.16. The van der Waals surface area contributed by atoms with Gasteiger partial charge in [0.05, 0.1) is 0 Å². The number of hydrogen-bond acceptors (Lipinski definition) is 3. The molecule has 1 unspecified atom stereocenters. The second-order valence-corrected chi connectivity index (χ2v) is 6.65. The smallest absolute Gasteiger partial charge is 0.311 e. The van der Waals surface area contributed by atoms with Crippen molar-refractivity contribution in [1.82, 2.24) is 15.5 Å². The van der Waals surface area contributed by atoms with Gasteiger partial charge in [-0.25, -0.2) is 4.79 Å². The van der Waals surface area contributed by atoms with Crippen LogP contribution in [0.4, 0.5) is 4.79 Å². The summed E-state index contributed by atoms with van der Waals surface area (Å²) < 4.78 is 0. The molecule has 0 radical (unpaired) electrons. The third-order valence-corrected chi connectivity index (χ3v) is 5.21. The third-order valence-electron chi connectivity index (χ3n) is 5.21. The number of nitrogens with zero attached hydrogens (tertiary/aromatic N) is 1. The van der Waals surface area contributed by atoms with Crippen LogP contribution in [0.25, 0.3) is 0 Å². The number of carbonyl (C=O) groups excluding carboxylic acids is 2. The van der Waals surface area contributed by atoms with E-state index in [2.05, 4.69) is 24.5 Å². The molecule has 0 aromatic heterocycles. The van der Waals surface area contributed by atoms with Crippen molar-refractivity contribution < 1.29 is 9.59 Å². The summed E-state index contributed by atoms with van der Waals surface area (Å²) in [6.45, 7) is 4.73. The fourth-order valence-corrected chi connectivity index (χ4v) is 3.87. The average molecular weight is 315 g/mol. The van der Waals surface area contributed by atoms with Gasteiger partial charge in [-0.15, -0.1) is 0 Å². The van der Waals surface area contributed by atoms with Gasteiger partial charge >= 0.3 is 6.03 Å². The van der Waals surface area contributed by atoms with Crippen LogP contribution in [-0.4, -0.2) is 34.5 Å². The zero-order valence-electron chi connectivity index (χ0n) is 13.8. The van der Waals surface area contributed by atoms with E-state index in [1.165, 1.54) is 0 Å². The Morgan fingerprint density at radius 2 is 1.70 bits per heavy atom. The molecule has 0 aliphatic carbocycles. The molecule has 1 aromatic carbocycles. The zero-order valence-corrected chi connectivity index (χ0v) is 13.8. The Bertz CT molecular complexity index is 575. The van der Waals surface area contributed by atoms with E-state index in [-0.39, 0.29) is 24.0 Å². The maximum Gasteiger partial charge on any atom is 0.325 e. The Hall–Kier alpha value is -1.88. The lowest BCUT2D eigenvalue weighted by Gasteiger charge is -2.45. The Morgan fingerprint density at radius 3 is 2.26 bits per heavy atom. The molecule has 3 atom stereocenters. The number of imide groups is 1. The quantitative estimate of drug-likeness (QED) is 0.839. The molecular formula is C18H25N3O2. The second-order valence-electron chi connectivity index (χ2n) is 6.65. The molecule has 2 N–H and O–H groups in total. The number of carbonyl (C=O) groups is 2. The number of benzene rings is 1. The Labute approximate surface area is 137 Å². The molecule has 23 heavy (non-hydrogen) atoms. The van der Waals surface area contributed by atoms with Gasteiger partial charge in [0.1, 0.15) is 5.54 Å². The largest absolute Gasteiger partial charge is 0.325 e. The predicted molar refractivity (Wildman–Crippen MR) is 88.8 cm³/mol. The summed E-state index contributed by atoms with van der Waals surface area (Å²) >= 11 is 0. The molecule has 0 saturated carbocycles. The zero-order chi connectivity index (χ0) is 16.4. The Balaban J connectivity index is 1.92. The first-order valence-electron chi connectivity index (χ1n) is 8.52. The highest BCUT2D eigenvalue weighted by molar-refractivity contribution is 6.07. The van der Waals surface area contributed by atoms with Crippen molar-refractivity contribution in [2.24, 2.45) is 0 Å². The van der Waals surface area contributed by atoms with Crippen LogP contribution in [-0.2, 0) is 11.3 Å². The molecule has 124 valence electrons. The highest BCUT2D eigenvalue weighted by Crippen LogP contribution is 2.37. The number of nitrogens with one attached hydrogen (secondary N) is 2. The summed E-state index contributed by atoms with van der Waals surface area (Å²) in [5.41, 5.74) is 0.343. The van der Waals surface area contributed by atoms with Crippen LogP contribution in [0.15, 0.2) is 30.3 Å². The number of amides is 3. The summed E-state index contributed by atoms with van der Waals surface area (Å²) in [4.78, 5) is 26.9. The first-order chi connectivity index (χ1) is 11.1. The van der Waals surface area contributed by atoms with Gasteiger partial charge in [0.25, 0.3) is 5.91 Å². The van der Waals surface area contributed by atoms with Crippen molar-refractivity contribution in [3.8, 4) is 0 Å². The molecule has 0 bridgehead atoms. The number of rotatable bonds is 4. The summed E-state index contributed by atoms with van der Waals surface area (Å²) in [6, 6.07) is 10.2. The normalized spacial score (nSPS) is 30.8. The minimum atomic E-state index is -0.709. The molecule has 2 heterocycles. The lowest BCUT2D eigenvalue weighted by Crippen LogP contribution is -2.61. The molecule has 5 heteroatoms. The molecule has 3 amide bonds. The highest BCUT2D eigenvalue weighted by atomic mass is 16.2. The average Bonchev–Trinajstić information content (AvgIpc) is 2.79. The van der Waals surface area contributed by atoms with E-state index in [1.54, 1.807) is 4.90 Å². The molecule has 2 aliphatic heterocycles. The fourth-order valence-electron chi connectivity index (χ4n) is 3.87. The topological polar surface area (TPSA) is 61.4 Å². The molecule has 2 aliphatic rings. The van der Waals surface area contributed by atoms with Crippen LogP contribution in [0, 0.1) is 0 Å². The minimum Gasteiger partial charge on any atom is -0.311 e. The van der Waals surface area contributed by atoms with Crippen molar-refractivity contribution in [3.05, 3.63) is 35.9 Å². The van der Waals surface area contributed by atoms with Crippen LogP contribution < -0.4 is 10.6 Å². The Kier molecular flexibility index (Phi) is 4.39. The summed E-state index contributed by atoms with van der Waals surface area (Å²) in [5.74, 6) is -0.128. The minimum absolute atomic E-state index is 0.128. The second kappa shape index (κ2) is 6.32. The van der Waals surface area contributed by atoms with Crippen LogP contribution in [0.5, 0.6) is 0 Å². The predicted octanol–water partition coefficient (Wildman–Crippen LogP) is 2.42. The van der Waals surface area contributed by atoms with Gasteiger partial charge in [0.2, 0.25) is 0 Å². The van der Waals surface area contributed by atoms with Gasteiger partial charge in [0, 0.05) is 18.6 Å². The molecule has 5 nitrogen and oxygen atoms in total. The molecule has 2 fully saturated rings. The standard InChI is InChI=1S/C18H25N3O2/c1-3-14-10-18(11-15(4-2)19-14)16(22)20-17(23)21(18)12-13-8-6-5-7-9-13/h5-9,14-15,19H,3-4,10-12H2,1-2H3,(H,20,22,23)/t14-,15+,18?. The summed E-state index contributed by atoms with van der Waals surface area (Å²) in [7, 11) is 0. The van der Waals surface area contributed by atoms with Gasteiger partial charge in [-0.1, -0.05) is 44.2 Å². The lowest BCUT2D eigenvalue weighted by molar-refractivity contribution is -0.129. The van der Waals surface area contributed by atoms with E-state index in [0.29, 0.717) is 19.4 Å². The molecular weight excluding hydrogens is 290 g/mol. The van der Waals surface area contributed by atoms with Crippen molar-refractivity contribution in [2.45, 2.75) is 63.7 Å². The molecule has 1 aromatic rings. The first kappa shape index (κ1) is 16.0. The van der Waals surface area contributed by atoms with Crippen molar-refractivity contribution >= 4 is 11.9 Å². The van der Waals surface area contributed by atoms with Crippen molar-refractivity contribution in [2.75, 3.05) is 0 Å². The van der Waals surface area contributed by atoms with E-state index in [4.69, 9.17) is 0 Å². The molecule has 3 rings (SSSR count). The van der Waals surface area contributed by atoms with Gasteiger partial charge in [0.15, 0.2) is 0 Å². The maximum atomic E-state index is 12.7. The van der Waals surface area contributed by atoms with Crippen LogP contribution >= 0.6 is 0 Å². The van der Waals surface area contributed by atoms with E-state index < -0.39 is 5.54 Å². The van der Waals surface area contributed by atoms with Gasteiger partial charge < -0.3 is 10.2 Å². The molecule has 2 saturated heterocycles. The molecule has 1 spiro atoms. The van der Waals surface area contributed by atoms with E-state index in [9.17, 15) is 9.59 Å². The highest BCUT2D eigenvalue weighted by Gasteiger charge is 2.56. The van der Waals surface area contributed by atoms with Crippen molar-refractivity contribution in [3.63, 3.8) is 0 Å². The number of piperidine rings is 1. The van der Waals surface area contributed by atoms with E-state index >= 15 is 0 Å². The monoisotopic (exact) mass is 315 g/mol. The van der Waals surface area contributed by atoms with E-state index in [1.807, 2.05) is 30.3 Å². The number of hydrogen-bond donors (Lipinski definition) is 2. The summed E-state index contributed by atoms with van der Waals surface area (Å²) in [6.07, 6.45) is 3.28. The maximum absolute atomic E-state index is 12.7.